The number of carbonyl (C=O) groups is 2. The van der Waals surface area contributed by atoms with Gasteiger partial charge in [-0.25, -0.2) is 19.9 Å². The molecule has 8 bridgehead atoms. The van der Waals surface area contributed by atoms with E-state index in [9.17, 15) is 9.59 Å². The van der Waals surface area contributed by atoms with E-state index in [-0.39, 0.29) is 59.3 Å². The molecule has 1 aliphatic heterocycles. The molecular formula is C34H36N4O9. The molecule has 13 nitrogen and oxygen atoms in total. The second-order valence-corrected chi connectivity index (χ2v) is 9.96. The van der Waals surface area contributed by atoms with Crippen LogP contribution in [0, 0.1) is 0 Å². The molecule has 4 aromatic rings. The molecule has 5 heterocycles. The van der Waals surface area contributed by atoms with Gasteiger partial charge in [-0.15, -0.1) is 0 Å². The Morgan fingerprint density at radius 2 is 0.617 bits per heavy atom. The van der Waals surface area contributed by atoms with Gasteiger partial charge in [0.25, 0.3) is 0 Å². The fraction of sp³-hybridized carbons (Fsp3) is 0.353. The van der Waals surface area contributed by atoms with Gasteiger partial charge >= 0.3 is 0 Å². The smallest absolute Gasteiger partial charge is 0.229 e. The van der Waals surface area contributed by atoms with Crippen molar-refractivity contribution in [3.05, 3.63) is 95.6 Å². The normalized spacial score (nSPS) is 16.8. The number of aromatic nitrogens is 4. The third kappa shape index (κ3) is 10.7. The molecule has 0 spiro atoms. The number of carbonyl (C=O) groups excluding carboxylic acids is 2. The van der Waals surface area contributed by atoms with Crippen LogP contribution in [0.4, 0.5) is 0 Å². The van der Waals surface area contributed by atoms with Crippen molar-refractivity contribution in [1.29, 1.82) is 0 Å². The van der Waals surface area contributed by atoms with Crippen LogP contribution in [0.3, 0.4) is 0 Å². The van der Waals surface area contributed by atoms with Gasteiger partial charge in [0.1, 0.15) is 36.0 Å². The van der Waals surface area contributed by atoms with Crippen LogP contribution >= 0.6 is 0 Å². The Balaban J connectivity index is 1.28. The highest BCUT2D eigenvalue weighted by molar-refractivity contribution is 6.07. The quantitative estimate of drug-likeness (QED) is 0.276. The molecule has 0 radical (unpaired) electrons. The number of ketones is 2. The van der Waals surface area contributed by atoms with E-state index in [1.54, 1.807) is 72.8 Å². The average Bonchev–Trinajstić information content (AvgIpc) is 3.12. The van der Waals surface area contributed by atoms with Gasteiger partial charge in [0.15, 0.2) is 0 Å². The molecule has 5 rings (SSSR count). The van der Waals surface area contributed by atoms with E-state index in [0.29, 0.717) is 77.5 Å². The number of ether oxygens (including phenoxy) is 7. The van der Waals surface area contributed by atoms with E-state index < -0.39 is 0 Å². The van der Waals surface area contributed by atoms with Crippen molar-refractivity contribution in [2.45, 2.75) is 0 Å². The first kappa shape index (κ1) is 33.7. The molecule has 0 aromatic carbocycles. The Hall–Kier alpha value is -4.66. The molecule has 47 heavy (non-hydrogen) atoms. The Kier molecular flexibility index (Phi) is 13.2. The lowest BCUT2D eigenvalue weighted by Gasteiger charge is -2.09. The second kappa shape index (κ2) is 18.5. The number of hydrogen-bond acceptors (Lipinski definition) is 13. The van der Waals surface area contributed by atoms with E-state index >= 15 is 0 Å². The van der Waals surface area contributed by atoms with Crippen LogP contribution in [0.15, 0.2) is 72.8 Å². The molecule has 246 valence electrons. The first-order valence-corrected chi connectivity index (χ1v) is 15.3. The zero-order valence-electron chi connectivity index (χ0n) is 25.9. The molecule has 1 aliphatic rings. The number of hydrogen-bond donors (Lipinski definition) is 0. The average molecular weight is 645 g/mol. The van der Waals surface area contributed by atoms with Crippen LogP contribution in [0.2, 0.25) is 0 Å². The van der Waals surface area contributed by atoms with Gasteiger partial charge in [0, 0.05) is 12.1 Å². The summed E-state index contributed by atoms with van der Waals surface area (Å²) in [6.07, 6.45) is 0. The third-order valence-corrected chi connectivity index (χ3v) is 6.58. The largest absolute Gasteiger partial charge is 0.475 e. The second-order valence-electron chi connectivity index (χ2n) is 9.96. The summed E-state index contributed by atoms with van der Waals surface area (Å²) in [5, 5.41) is 0. The lowest BCUT2D eigenvalue weighted by molar-refractivity contribution is -0.0143. The van der Waals surface area contributed by atoms with Crippen LogP contribution in [0.25, 0.3) is 11.4 Å². The minimum atomic E-state index is -0.387. The van der Waals surface area contributed by atoms with E-state index in [0.717, 1.165) is 0 Å². The maximum Gasteiger partial charge on any atom is 0.229 e. The van der Waals surface area contributed by atoms with Gasteiger partial charge in [-0.1, -0.05) is 24.3 Å². The highest BCUT2D eigenvalue weighted by Crippen LogP contribution is 2.19. The summed E-state index contributed by atoms with van der Waals surface area (Å²) < 4.78 is 38.9. The monoisotopic (exact) mass is 644 g/mol. The van der Waals surface area contributed by atoms with Crippen LogP contribution in [-0.2, 0) is 23.7 Å². The first-order valence-electron chi connectivity index (χ1n) is 15.3. The van der Waals surface area contributed by atoms with Crippen molar-refractivity contribution >= 4 is 11.6 Å². The van der Waals surface area contributed by atoms with Crippen molar-refractivity contribution in [3.8, 4) is 23.1 Å². The molecule has 0 N–H and O–H groups in total. The Labute approximate surface area is 272 Å². The topological polar surface area (TPSA) is 150 Å². The van der Waals surface area contributed by atoms with E-state index in [1.165, 1.54) is 0 Å². The standard InChI is InChI=1S/C34H36N4O9/c39-33-27-7-1-5-25(35-27)26-6-2-8-28(36-26)34(40)30-10-4-12-32(38-30)47-24-22-45-20-18-43-16-14-41-13-15-42-17-19-44-21-23-46-31-11-3-9-29(33)37-31/h1-12H,13-24H2. The Bertz CT molecular complexity index is 1490. The van der Waals surface area contributed by atoms with Crippen LogP contribution < -0.4 is 9.47 Å². The van der Waals surface area contributed by atoms with E-state index in [4.69, 9.17) is 33.2 Å². The Morgan fingerprint density at radius 3 is 0.979 bits per heavy atom. The number of nitrogens with zero attached hydrogens (tertiary/aromatic N) is 4. The predicted molar refractivity (Wildman–Crippen MR) is 168 cm³/mol. The van der Waals surface area contributed by atoms with Crippen molar-refractivity contribution in [2.75, 3.05) is 79.3 Å². The van der Waals surface area contributed by atoms with Crippen LogP contribution in [0.1, 0.15) is 32.4 Å². The Morgan fingerprint density at radius 1 is 0.340 bits per heavy atom. The zero-order valence-corrected chi connectivity index (χ0v) is 25.9. The van der Waals surface area contributed by atoms with Gasteiger partial charge in [0.05, 0.1) is 77.5 Å². The summed E-state index contributed by atoms with van der Waals surface area (Å²) in [5.41, 5.74) is 1.53. The molecular weight excluding hydrogens is 608 g/mol. The number of fused-ring (bicyclic) bond motifs is 9. The molecule has 0 amide bonds. The fourth-order valence-electron chi connectivity index (χ4n) is 4.31. The summed E-state index contributed by atoms with van der Waals surface area (Å²) in [4.78, 5) is 44.4. The summed E-state index contributed by atoms with van der Waals surface area (Å²) >= 11 is 0. The van der Waals surface area contributed by atoms with Gasteiger partial charge in [0.2, 0.25) is 23.3 Å². The van der Waals surface area contributed by atoms with Crippen LogP contribution in [-0.4, -0.2) is 111 Å². The van der Waals surface area contributed by atoms with E-state index in [1.807, 2.05) is 0 Å². The molecule has 4 aromatic heterocycles. The summed E-state index contributed by atoms with van der Waals surface area (Å²) in [5.74, 6) is -0.193. The number of pyridine rings is 4. The highest BCUT2D eigenvalue weighted by Gasteiger charge is 2.17. The maximum atomic E-state index is 13.3. The third-order valence-electron chi connectivity index (χ3n) is 6.58. The minimum Gasteiger partial charge on any atom is -0.475 e. The van der Waals surface area contributed by atoms with Crippen molar-refractivity contribution in [2.24, 2.45) is 0 Å². The predicted octanol–water partition coefficient (Wildman–Crippen LogP) is 3.25. The molecule has 0 saturated carbocycles. The lowest BCUT2D eigenvalue weighted by atomic mass is 10.1. The molecule has 13 heteroatoms. The summed E-state index contributed by atoms with van der Waals surface area (Å²) in [6.45, 7) is 4.59. The van der Waals surface area contributed by atoms with Crippen molar-refractivity contribution < 1.29 is 42.7 Å². The van der Waals surface area contributed by atoms with Crippen molar-refractivity contribution in [3.63, 3.8) is 0 Å². The van der Waals surface area contributed by atoms with Crippen LogP contribution in [0.5, 0.6) is 11.8 Å². The SMILES string of the molecule is O=C1c2cccc(n2)OCCOCCOCCOCCOCCOCCOc2cccc(n2)C(=O)c2cccc(n2)-c2cccc1n2. The number of rotatable bonds is 0. The van der Waals surface area contributed by atoms with Crippen molar-refractivity contribution in [1.82, 2.24) is 19.9 Å². The lowest BCUT2D eigenvalue weighted by Crippen LogP contribution is -2.15. The fourth-order valence-corrected chi connectivity index (χ4v) is 4.31. The van der Waals surface area contributed by atoms with Gasteiger partial charge < -0.3 is 33.2 Å². The van der Waals surface area contributed by atoms with E-state index in [2.05, 4.69) is 19.9 Å². The first-order chi connectivity index (χ1) is 23.2. The van der Waals surface area contributed by atoms with Gasteiger partial charge in [-0.05, 0) is 36.4 Å². The zero-order chi connectivity index (χ0) is 32.5. The summed E-state index contributed by atoms with van der Waals surface area (Å²) in [7, 11) is 0. The minimum absolute atomic E-state index is 0.170. The molecule has 0 atom stereocenters. The maximum absolute atomic E-state index is 13.3. The molecule has 0 unspecified atom stereocenters. The molecule has 0 aliphatic carbocycles. The summed E-state index contributed by atoms with van der Waals surface area (Å²) in [6, 6.07) is 19.9. The molecule has 0 fully saturated rings. The van der Waals surface area contributed by atoms with Gasteiger partial charge in [-0.2, -0.15) is 0 Å². The van der Waals surface area contributed by atoms with Gasteiger partial charge in [-0.3, -0.25) is 9.59 Å². The highest BCUT2D eigenvalue weighted by atomic mass is 16.6. The molecule has 0 saturated heterocycles.